The molecular weight excluding hydrogens is 439 g/mol. The summed E-state index contributed by atoms with van der Waals surface area (Å²) in [6.45, 7) is -0.122. The summed E-state index contributed by atoms with van der Waals surface area (Å²) in [5.41, 5.74) is -3.58. The number of benzene rings is 3. The fourth-order valence-electron chi connectivity index (χ4n) is 2.91. The van der Waals surface area contributed by atoms with E-state index in [0.29, 0.717) is 5.56 Å². The van der Waals surface area contributed by atoms with Crippen LogP contribution in [0.1, 0.15) is 16.7 Å². The molecule has 1 atom stereocenters. The number of sulfonamides is 1. The van der Waals surface area contributed by atoms with E-state index in [1.165, 1.54) is 36.4 Å². The molecule has 0 spiro atoms. The highest BCUT2D eigenvalue weighted by atomic mass is 35.5. The van der Waals surface area contributed by atoms with E-state index in [1.54, 1.807) is 18.2 Å². The van der Waals surface area contributed by atoms with Gasteiger partial charge in [0.1, 0.15) is 0 Å². The second-order valence-electron chi connectivity index (χ2n) is 6.55. The molecule has 3 aromatic rings. The number of hydrogen-bond acceptors (Lipinski definition) is 3. The lowest BCUT2D eigenvalue weighted by atomic mass is 9.85. The Hall–Kier alpha value is -2.39. The molecule has 0 aliphatic heterocycles. The third-order valence-electron chi connectivity index (χ3n) is 4.56. The van der Waals surface area contributed by atoms with Crippen LogP contribution in [0.4, 0.5) is 13.2 Å². The molecule has 2 N–H and O–H groups in total. The quantitative estimate of drug-likeness (QED) is 0.570. The molecule has 0 saturated heterocycles. The molecule has 0 aliphatic rings. The van der Waals surface area contributed by atoms with Gasteiger partial charge in [-0.15, -0.1) is 0 Å². The van der Waals surface area contributed by atoms with Gasteiger partial charge in [-0.25, -0.2) is 13.1 Å². The minimum Gasteiger partial charge on any atom is -0.372 e. The summed E-state index contributed by atoms with van der Waals surface area (Å²) in [5, 5.41) is 10.8. The number of alkyl halides is 3. The standard InChI is InChI=1S/C21H17ClF3NO3S/c22-18-12-10-17(11-13-18)20(27,21(23,24)25)16-8-6-15(7-9-16)14-26-30(28,29)19-4-2-1-3-5-19/h1-13,26-27H,14H2. The molecule has 1 unspecified atom stereocenters. The fourth-order valence-corrected chi connectivity index (χ4v) is 4.07. The van der Waals surface area contributed by atoms with Crippen LogP contribution in [-0.2, 0) is 22.2 Å². The van der Waals surface area contributed by atoms with Gasteiger partial charge >= 0.3 is 6.18 Å². The van der Waals surface area contributed by atoms with Gasteiger partial charge < -0.3 is 5.11 Å². The maximum Gasteiger partial charge on any atom is 0.425 e. The molecule has 30 heavy (non-hydrogen) atoms. The number of rotatable bonds is 6. The summed E-state index contributed by atoms with van der Waals surface area (Å²) in [6, 6.07) is 17.3. The normalized spacial score (nSPS) is 14.3. The summed E-state index contributed by atoms with van der Waals surface area (Å²) in [7, 11) is -3.76. The third kappa shape index (κ3) is 4.52. The van der Waals surface area contributed by atoms with Crippen LogP contribution in [0.15, 0.2) is 83.8 Å². The maximum atomic E-state index is 13.8. The lowest BCUT2D eigenvalue weighted by Gasteiger charge is -2.31. The van der Waals surface area contributed by atoms with Crippen molar-refractivity contribution in [2.75, 3.05) is 0 Å². The first-order chi connectivity index (χ1) is 14.0. The molecule has 0 radical (unpaired) electrons. The minimum atomic E-state index is -4.99. The van der Waals surface area contributed by atoms with Gasteiger partial charge in [0.2, 0.25) is 15.6 Å². The first-order valence-corrected chi connectivity index (χ1v) is 10.6. The van der Waals surface area contributed by atoms with Crippen molar-refractivity contribution >= 4 is 21.6 Å². The Morgan fingerprint density at radius 3 is 1.83 bits per heavy atom. The van der Waals surface area contributed by atoms with Crippen LogP contribution >= 0.6 is 11.6 Å². The van der Waals surface area contributed by atoms with E-state index in [1.807, 2.05) is 0 Å². The highest BCUT2D eigenvalue weighted by Gasteiger charge is 2.56. The highest BCUT2D eigenvalue weighted by molar-refractivity contribution is 7.89. The third-order valence-corrected chi connectivity index (χ3v) is 6.23. The second kappa shape index (κ2) is 8.39. The minimum absolute atomic E-state index is 0.0794. The SMILES string of the molecule is O=S(=O)(NCc1ccc(C(O)(c2ccc(Cl)cc2)C(F)(F)F)cc1)c1ccccc1. The fraction of sp³-hybridized carbons (Fsp3) is 0.143. The lowest BCUT2D eigenvalue weighted by Crippen LogP contribution is -2.43. The van der Waals surface area contributed by atoms with Crippen molar-refractivity contribution in [2.24, 2.45) is 0 Å². The molecule has 0 fully saturated rings. The summed E-state index contributed by atoms with van der Waals surface area (Å²) in [6.07, 6.45) is -4.99. The molecule has 0 aromatic heterocycles. The summed E-state index contributed by atoms with van der Waals surface area (Å²) in [4.78, 5) is 0.0794. The number of hydrogen-bond donors (Lipinski definition) is 2. The molecule has 9 heteroatoms. The van der Waals surface area contributed by atoms with Gasteiger partial charge in [0, 0.05) is 11.6 Å². The molecule has 0 bridgehead atoms. The van der Waals surface area contributed by atoms with Crippen LogP contribution in [0.25, 0.3) is 0 Å². The Morgan fingerprint density at radius 2 is 1.33 bits per heavy atom. The Bertz CT molecular complexity index is 1100. The van der Waals surface area contributed by atoms with Crippen molar-refractivity contribution in [1.82, 2.24) is 4.72 Å². The van der Waals surface area contributed by atoms with Gasteiger partial charge in [0.15, 0.2) is 0 Å². The molecule has 0 amide bonds. The van der Waals surface area contributed by atoms with Crippen LogP contribution in [0.2, 0.25) is 5.02 Å². The first kappa shape index (κ1) is 22.3. The molecule has 3 rings (SSSR count). The summed E-state index contributed by atoms with van der Waals surface area (Å²) < 4.78 is 68.3. The van der Waals surface area contributed by atoms with Crippen LogP contribution in [0, 0.1) is 0 Å². The summed E-state index contributed by atoms with van der Waals surface area (Å²) >= 11 is 5.74. The largest absolute Gasteiger partial charge is 0.425 e. The van der Waals surface area contributed by atoms with Crippen molar-refractivity contribution in [3.63, 3.8) is 0 Å². The van der Waals surface area contributed by atoms with E-state index in [0.717, 1.165) is 24.3 Å². The van der Waals surface area contributed by atoms with Gasteiger partial charge in [0.05, 0.1) is 4.90 Å². The molecular formula is C21H17ClF3NO3S. The van der Waals surface area contributed by atoms with E-state index in [4.69, 9.17) is 11.6 Å². The Kier molecular flexibility index (Phi) is 6.24. The van der Waals surface area contributed by atoms with E-state index < -0.39 is 27.4 Å². The van der Waals surface area contributed by atoms with Crippen LogP contribution < -0.4 is 4.72 Å². The molecule has 0 saturated carbocycles. The van der Waals surface area contributed by atoms with Crippen LogP contribution in [0.5, 0.6) is 0 Å². The summed E-state index contributed by atoms with van der Waals surface area (Å²) in [5.74, 6) is 0. The van der Waals surface area contributed by atoms with Crippen LogP contribution in [-0.4, -0.2) is 19.7 Å². The average molecular weight is 456 g/mol. The molecule has 158 valence electrons. The predicted molar refractivity (Wildman–Crippen MR) is 107 cm³/mol. The van der Waals surface area contributed by atoms with Gasteiger partial charge in [-0.3, -0.25) is 0 Å². The monoisotopic (exact) mass is 455 g/mol. The number of nitrogens with one attached hydrogen (secondary N) is 1. The topological polar surface area (TPSA) is 66.4 Å². The van der Waals surface area contributed by atoms with Gasteiger partial charge in [-0.1, -0.05) is 66.2 Å². The van der Waals surface area contributed by atoms with E-state index in [9.17, 15) is 26.7 Å². The van der Waals surface area contributed by atoms with E-state index in [2.05, 4.69) is 4.72 Å². The van der Waals surface area contributed by atoms with Gasteiger partial charge in [0.25, 0.3) is 0 Å². The molecule has 3 aromatic carbocycles. The zero-order valence-corrected chi connectivity index (χ0v) is 17.0. The smallest absolute Gasteiger partial charge is 0.372 e. The highest BCUT2D eigenvalue weighted by Crippen LogP contribution is 2.44. The zero-order chi connectivity index (χ0) is 22.0. The zero-order valence-electron chi connectivity index (χ0n) is 15.4. The number of aliphatic hydroxyl groups is 1. The first-order valence-electron chi connectivity index (χ1n) is 8.73. The van der Waals surface area contributed by atoms with Crippen molar-refractivity contribution in [2.45, 2.75) is 23.2 Å². The van der Waals surface area contributed by atoms with E-state index in [-0.39, 0.29) is 22.0 Å². The van der Waals surface area contributed by atoms with E-state index >= 15 is 0 Å². The van der Waals surface area contributed by atoms with Crippen molar-refractivity contribution in [3.05, 3.63) is 101 Å². The maximum absolute atomic E-state index is 13.8. The van der Waals surface area contributed by atoms with Crippen molar-refractivity contribution in [3.8, 4) is 0 Å². The van der Waals surface area contributed by atoms with Crippen molar-refractivity contribution in [1.29, 1.82) is 0 Å². The molecule has 4 nitrogen and oxygen atoms in total. The Balaban J connectivity index is 1.85. The lowest BCUT2D eigenvalue weighted by molar-refractivity contribution is -0.248. The van der Waals surface area contributed by atoms with Gasteiger partial charge in [-0.05, 0) is 41.0 Å². The molecule has 0 aliphatic carbocycles. The number of halogens is 4. The van der Waals surface area contributed by atoms with Crippen molar-refractivity contribution < 1.29 is 26.7 Å². The second-order valence-corrected chi connectivity index (χ2v) is 8.75. The average Bonchev–Trinajstić information content (AvgIpc) is 2.72. The predicted octanol–water partition coefficient (Wildman–Crippen LogP) is 4.62. The van der Waals surface area contributed by atoms with Gasteiger partial charge in [-0.2, -0.15) is 13.2 Å². The van der Waals surface area contributed by atoms with Crippen LogP contribution in [0.3, 0.4) is 0 Å². The Labute approximate surface area is 177 Å². The molecule has 0 heterocycles. The Morgan fingerprint density at radius 1 is 0.833 bits per heavy atom.